The molecule has 0 aliphatic rings. The van der Waals surface area contributed by atoms with E-state index in [-0.39, 0.29) is 0 Å². The van der Waals surface area contributed by atoms with E-state index in [0.29, 0.717) is 9.79 Å². The van der Waals surface area contributed by atoms with Gasteiger partial charge in [-0.25, -0.2) is 0 Å². The van der Waals surface area contributed by atoms with Crippen molar-refractivity contribution in [1.82, 2.24) is 9.55 Å². The maximum absolute atomic E-state index is 6.20. The van der Waals surface area contributed by atoms with Gasteiger partial charge in [-0.2, -0.15) is 0 Å². The molecule has 3 aromatic rings. The Kier molecular flexibility index (Phi) is 3.58. The van der Waals surface area contributed by atoms with Crippen LogP contribution in [0.25, 0.3) is 16.7 Å². The molecule has 6 heteroatoms. The number of benzene rings is 2. The highest BCUT2D eigenvalue weighted by molar-refractivity contribution is 9.10. The van der Waals surface area contributed by atoms with Crippen molar-refractivity contribution in [3.05, 3.63) is 50.7 Å². The Hall–Kier alpha value is -1.30. The van der Waals surface area contributed by atoms with Gasteiger partial charge in [-0.15, -0.1) is 0 Å². The second-order valence-corrected chi connectivity index (χ2v) is 5.93. The Morgan fingerprint density at radius 1 is 1.30 bits per heavy atom. The molecule has 2 aromatic carbocycles. The lowest BCUT2D eigenvalue weighted by molar-refractivity contribution is 0.413. The number of nitrogens with one attached hydrogen (secondary N) is 1. The summed E-state index contributed by atoms with van der Waals surface area (Å²) in [6.45, 7) is 0. The molecule has 0 radical (unpaired) electrons. The molecule has 3 nitrogen and oxygen atoms in total. The third kappa shape index (κ3) is 2.16. The van der Waals surface area contributed by atoms with Crippen LogP contribution in [-0.2, 0) is 0 Å². The molecule has 20 heavy (non-hydrogen) atoms. The van der Waals surface area contributed by atoms with E-state index in [1.807, 2.05) is 41.0 Å². The van der Waals surface area contributed by atoms with Gasteiger partial charge in [0.25, 0.3) is 0 Å². The molecule has 0 aliphatic heterocycles. The van der Waals surface area contributed by atoms with E-state index in [4.69, 9.17) is 28.6 Å². The van der Waals surface area contributed by atoms with Crippen molar-refractivity contribution in [3.63, 3.8) is 0 Å². The number of halogens is 2. The molecule has 0 unspecified atom stereocenters. The molecule has 0 amide bonds. The van der Waals surface area contributed by atoms with Crippen LogP contribution in [-0.4, -0.2) is 16.7 Å². The maximum Gasteiger partial charge on any atom is 0.182 e. The van der Waals surface area contributed by atoms with Gasteiger partial charge in [0.2, 0.25) is 0 Å². The van der Waals surface area contributed by atoms with Crippen LogP contribution in [0.5, 0.6) is 5.75 Å². The van der Waals surface area contributed by atoms with Crippen molar-refractivity contribution in [2.45, 2.75) is 0 Å². The number of aromatic amines is 1. The number of nitrogens with zero attached hydrogens (tertiary/aromatic N) is 1. The van der Waals surface area contributed by atoms with Gasteiger partial charge in [-0.1, -0.05) is 33.6 Å². The number of para-hydroxylation sites is 1. The fourth-order valence-electron chi connectivity index (χ4n) is 2.17. The lowest BCUT2D eigenvalue weighted by Crippen LogP contribution is -1.98. The number of imidazole rings is 1. The standard InChI is InChI=1S/C14H10BrClN2OS/c1-19-12-6-5-8(15)7-11(12)18-10-4-2-3-9(16)13(10)17-14(18)20/h2-7H,1H3,(H,17,20). The first-order valence-corrected chi connectivity index (χ1v) is 7.43. The van der Waals surface area contributed by atoms with Crippen molar-refractivity contribution < 1.29 is 4.74 Å². The minimum absolute atomic E-state index is 0.574. The zero-order valence-electron chi connectivity index (χ0n) is 10.5. The first-order valence-electron chi connectivity index (χ1n) is 5.85. The van der Waals surface area contributed by atoms with Crippen molar-refractivity contribution in [1.29, 1.82) is 0 Å². The molecule has 0 fully saturated rings. The normalized spacial score (nSPS) is 10.9. The number of hydrogen-bond acceptors (Lipinski definition) is 2. The van der Waals surface area contributed by atoms with Crippen molar-refractivity contribution in [3.8, 4) is 11.4 Å². The number of rotatable bonds is 2. The Bertz CT molecular complexity index is 856. The van der Waals surface area contributed by atoms with E-state index in [0.717, 1.165) is 26.9 Å². The van der Waals surface area contributed by atoms with E-state index < -0.39 is 0 Å². The van der Waals surface area contributed by atoms with E-state index in [9.17, 15) is 0 Å². The molecule has 0 spiro atoms. The lowest BCUT2D eigenvalue weighted by atomic mass is 10.2. The Labute approximate surface area is 134 Å². The molecule has 3 rings (SSSR count). The summed E-state index contributed by atoms with van der Waals surface area (Å²) >= 11 is 15.1. The summed E-state index contributed by atoms with van der Waals surface area (Å²) in [5, 5.41) is 0.640. The van der Waals surface area contributed by atoms with E-state index >= 15 is 0 Å². The summed E-state index contributed by atoms with van der Waals surface area (Å²) < 4.78 is 8.86. The van der Waals surface area contributed by atoms with Gasteiger partial charge in [0, 0.05) is 4.47 Å². The molecule has 1 N–H and O–H groups in total. The third-order valence-corrected chi connectivity index (χ3v) is 4.14. The van der Waals surface area contributed by atoms with Crippen molar-refractivity contribution in [2.24, 2.45) is 0 Å². The van der Waals surface area contributed by atoms with E-state index in [1.165, 1.54) is 0 Å². The summed E-state index contributed by atoms with van der Waals surface area (Å²) in [6, 6.07) is 11.5. The van der Waals surface area contributed by atoms with Crippen LogP contribution in [0.2, 0.25) is 5.02 Å². The zero-order valence-corrected chi connectivity index (χ0v) is 13.6. The molecular weight excluding hydrogens is 360 g/mol. The van der Waals surface area contributed by atoms with Gasteiger partial charge in [-0.3, -0.25) is 4.57 Å². The largest absolute Gasteiger partial charge is 0.495 e. The highest BCUT2D eigenvalue weighted by Crippen LogP contribution is 2.31. The van der Waals surface area contributed by atoms with Crippen molar-refractivity contribution >= 4 is 50.8 Å². The van der Waals surface area contributed by atoms with Gasteiger partial charge in [0.05, 0.1) is 28.9 Å². The van der Waals surface area contributed by atoms with Crippen LogP contribution in [0.15, 0.2) is 40.9 Å². The van der Waals surface area contributed by atoms with Crippen LogP contribution in [0, 0.1) is 4.77 Å². The summed E-state index contributed by atoms with van der Waals surface area (Å²) in [5.74, 6) is 0.741. The number of H-pyrrole nitrogens is 1. The fraction of sp³-hybridized carbons (Fsp3) is 0.0714. The molecular formula is C14H10BrClN2OS. The van der Waals surface area contributed by atoms with Crippen LogP contribution in [0.4, 0.5) is 0 Å². The minimum Gasteiger partial charge on any atom is -0.495 e. The molecule has 0 atom stereocenters. The van der Waals surface area contributed by atoms with E-state index in [1.54, 1.807) is 7.11 Å². The summed E-state index contributed by atoms with van der Waals surface area (Å²) in [7, 11) is 1.64. The van der Waals surface area contributed by atoms with Crippen LogP contribution >= 0.6 is 39.7 Å². The molecule has 0 bridgehead atoms. The number of fused-ring (bicyclic) bond motifs is 1. The van der Waals surface area contributed by atoms with Gasteiger partial charge >= 0.3 is 0 Å². The van der Waals surface area contributed by atoms with Gasteiger partial charge in [0.15, 0.2) is 4.77 Å². The number of hydrogen-bond donors (Lipinski definition) is 1. The summed E-state index contributed by atoms with van der Waals surface area (Å²) in [4.78, 5) is 3.14. The molecule has 0 aliphatic carbocycles. The monoisotopic (exact) mass is 368 g/mol. The third-order valence-electron chi connectivity index (χ3n) is 3.05. The van der Waals surface area contributed by atoms with Gasteiger partial charge in [-0.05, 0) is 42.5 Å². The van der Waals surface area contributed by atoms with Crippen LogP contribution in [0.1, 0.15) is 0 Å². The number of ether oxygens (including phenoxy) is 1. The second-order valence-electron chi connectivity index (χ2n) is 4.22. The summed E-state index contributed by atoms with van der Waals surface area (Å²) in [6.07, 6.45) is 0. The number of methoxy groups -OCH3 is 1. The first kappa shape index (κ1) is 13.7. The average molecular weight is 370 g/mol. The molecule has 0 saturated carbocycles. The minimum atomic E-state index is 0.574. The van der Waals surface area contributed by atoms with Gasteiger partial charge in [0.1, 0.15) is 5.75 Å². The topological polar surface area (TPSA) is 29.9 Å². The summed E-state index contributed by atoms with van der Waals surface area (Å²) in [5.41, 5.74) is 2.60. The predicted octanol–water partition coefficient (Wildman–Crippen LogP) is 5.11. The number of aromatic nitrogens is 2. The molecule has 102 valence electrons. The highest BCUT2D eigenvalue weighted by Gasteiger charge is 2.13. The first-order chi connectivity index (χ1) is 9.61. The van der Waals surface area contributed by atoms with Crippen LogP contribution < -0.4 is 4.74 Å². The fourth-order valence-corrected chi connectivity index (χ4v) is 3.04. The Morgan fingerprint density at radius 3 is 2.85 bits per heavy atom. The SMILES string of the molecule is COc1ccc(Br)cc1-n1c(=S)[nH]c2c(Cl)cccc21. The smallest absolute Gasteiger partial charge is 0.182 e. The average Bonchev–Trinajstić information content (AvgIpc) is 2.76. The Morgan fingerprint density at radius 2 is 2.10 bits per heavy atom. The maximum atomic E-state index is 6.20. The molecule has 0 saturated heterocycles. The molecule has 1 heterocycles. The van der Waals surface area contributed by atoms with E-state index in [2.05, 4.69) is 20.9 Å². The second kappa shape index (κ2) is 5.24. The van der Waals surface area contributed by atoms with Crippen LogP contribution in [0.3, 0.4) is 0 Å². The van der Waals surface area contributed by atoms with Gasteiger partial charge < -0.3 is 9.72 Å². The lowest BCUT2D eigenvalue weighted by Gasteiger charge is -2.11. The molecule has 1 aromatic heterocycles. The zero-order chi connectivity index (χ0) is 14.3. The highest BCUT2D eigenvalue weighted by atomic mass is 79.9. The predicted molar refractivity (Wildman–Crippen MR) is 87.7 cm³/mol. The Balaban J connectivity index is 2.41. The quantitative estimate of drug-likeness (QED) is 0.636. The van der Waals surface area contributed by atoms with Crippen molar-refractivity contribution in [2.75, 3.05) is 7.11 Å².